The Morgan fingerprint density at radius 1 is 0.294 bits per heavy atom. The van der Waals surface area contributed by atoms with E-state index < -0.39 is 0 Å². The van der Waals surface area contributed by atoms with Gasteiger partial charge in [-0.25, -0.2) is 15.0 Å². The molecule has 0 saturated heterocycles. The maximum atomic E-state index is 6.75. The molecule has 0 unspecified atom stereocenters. The van der Waals surface area contributed by atoms with Crippen LogP contribution >= 0.6 is 0 Å². The summed E-state index contributed by atoms with van der Waals surface area (Å²) in [5.41, 5.74) is 9.04. The van der Waals surface area contributed by atoms with Crippen LogP contribution in [0.4, 0.5) is 0 Å². The zero-order valence-corrected chi connectivity index (χ0v) is 27.5. The van der Waals surface area contributed by atoms with E-state index in [0.29, 0.717) is 17.5 Å². The smallest absolute Gasteiger partial charge is 0.164 e. The molecule has 0 aliphatic carbocycles. The molecular formula is C47H29N3O. The summed E-state index contributed by atoms with van der Waals surface area (Å²) in [6.45, 7) is 0. The number of fused-ring (bicyclic) bond motifs is 6. The first-order valence-electron chi connectivity index (χ1n) is 17.1. The fourth-order valence-electron chi connectivity index (χ4n) is 7.27. The Morgan fingerprint density at radius 2 is 0.784 bits per heavy atom. The summed E-state index contributed by atoms with van der Waals surface area (Å²) in [7, 11) is 0. The summed E-state index contributed by atoms with van der Waals surface area (Å²) in [5.74, 6) is 1.86. The highest BCUT2D eigenvalue weighted by Crippen LogP contribution is 2.42. The molecule has 0 aliphatic rings. The normalized spacial score (nSPS) is 11.5. The Morgan fingerprint density at radius 3 is 1.55 bits per heavy atom. The third kappa shape index (κ3) is 4.96. The fraction of sp³-hybridized carbons (Fsp3) is 0. The first-order valence-corrected chi connectivity index (χ1v) is 17.1. The second-order valence-electron chi connectivity index (χ2n) is 12.8. The van der Waals surface area contributed by atoms with E-state index in [2.05, 4.69) is 140 Å². The van der Waals surface area contributed by atoms with Crippen molar-refractivity contribution in [2.75, 3.05) is 0 Å². The van der Waals surface area contributed by atoms with Gasteiger partial charge < -0.3 is 4.42 Å². The molecule has 0 radical (unpaired) electrons. The Balaban J connectivity index is 1.18. The molecule has 0 spiro atoms. The van der Waals surface area contributed by atoms with E-state index in [0.717, 1.165) is 66.1 Å². The summed E-state index contributed by atoms with van der Waals surface area (Å²) in [6.07, 6.45) is 0. The van der Waals surface area contributed by atoms with E-state index in [1.54, 1.807) is 0 Å². The molecular weight excluding hydrogens is 623 g/mol. The molecule has 0 saturated carbocycles. The molecule has 0 atom stereocenters. The number of rotatable bonds is 5. The lowest BCUT2D eigenvalue weighted by Crippen LogP contribution is -2.00. The van der Waals surface area contributed by atoms with Gasteiger partial charge in [0, 0.05) is 38.4 Å². The minimum atomic E-state index is 0.614. The monoisotopic (exact) mass is 651 g/mol. The first-order chi connectivity index (χ1) is 25.3. The second kappa shape index (κ2) is 11.9. The molecule has 10 aromatic rings. The average Bonchev–Trinajstić information content (AvgIpc) is 3.60. The van der Waals surface area contributed by atoms with E-state index in [1.165, 1.54) is 16.3 Å². The number of hydrogen-bond acceptors (Lipinski definition) is 4. The van der Waals surface area contributed by atoms with Crippen molar-refractivity contribution < 1.29 is 4.42 Å². The third-order valence-corrected chi connectivity index (χ3v) is 9.74. The van der Waals surface area contributed by atoms with E-state index in [-0.39, 0.29) is 0 Å². The zero-order valence-electron chi connectivity index (χ0n) is 27.5. The number of furan rings is 1. The van der Waals surface area contributed by atoms with Crippen molar-refractivity contribution in [3.63, 3.8) is 0 Å². The summed E-state index contributed by atoms with van der Waals surface area (Å²) in [5, 5.41) is 6.57. The summed E-state index contributed by atoms with van der Waals surface area (Å²) in [6, 6.07) is 60.9. The van der Waals surface area contributed by atoms with E-state index in [1.807, 2.05) is 36.4 Å². The van der Waals surface area contributed by atoms with Crippen LogP contribution in [0.1, 0.15) is 0 Å². The second-order valence-corrected chi connectivity index (χ2v) is 12.8. The van der Waals surface area contributed by atoms with Crippen molar-refractivity contribution in [3.8, 4) is 56.4 Å². The van der Waals surface area contributed by atoms with Gasteiger partial charge in [0.25, 0.3) is 0 Å². The first kappa shape index (κ1) is 29.0. The minimum Gasteiger partial charge on any atom is -0.455 e. The highest BCUT2D eigenvalue weighted by atomic mass is 16.3. The number of benzene rings is 8. The van der Waals surface area contributed by atoms with Crippen LogP contribution in [0.5, 0.6) is 0 Å². The molecule has 2 aromatic heterocycles. The number of nitrogens with zero attached hydrogens (tertiary/aromatic N) is 3. The minimum absolute atomic E-state index is 0.614. The Labute approximate surface area is 294 Å². The van der Waals surface area contributed by atoms with Crippen molar-refractivity contribution in [3.05, 3.63) is 176 Å². The van der Waals surface area contributed by atoms with Crippen LogP contribution in [0.3, 0.4) is 0 Å². The Kier molecular flexibility index (Phi) is 6.78. The molecule has 2 heterocycles. The van der Waals surface area contributed by atoms with Gasteiger partial charge in [-0.2, -0.15) is 0 Å². The Hall–Kier alpha value is -6.91. The molecule has 0 bridgehead atoms. The molecule has 51 heavy (non-hydrogen) atoms. The van der Waals surface area contributed by atoms with Crippen LogP contribution in [0.25, 0.3) is 99.9 Å². The molecule has 0 N–H and O–H groups in total. The molecule has 238 valence electrons. The topological polar surface area (TPSA) is 51.8 Å². The lowest BCUT2D eigenvalue weighted by Gasteiger charge is -2.12. The summed E-state index contributed by atoms with van der Waals surface area (Å²) in [4.78, 5) is 15.4. The predicted molar refractivity (Wildman–Crippen MR) is 209 cm³/mol. The van der Waals surface area contributed by atoms with Crippen LogP contribution in [-0.2, 0) is 0 Å². The van der Waals surface area contributed by atoms with Gasteiger partial charge in [0.15, 0.2) is 17.5 Å². The van der Waals surface area contributed by atoms with E-state index in [9.17, 15) is 0 Å². The van der Waals surface area contributed by atoms with Gasteiger partial charge in [-0.1, -0.05) is 170 Å². The van der Waals surface area contributed by atoms with Crippen molar-refractivity contribution in [1.82, 2.24) is 15.0 Å². The van der Waals surface area contributed by atoms with Crippen molar-refractivity contribution in [2.45, 2.75) is 0 Å². The predicted octanol–water partition coefficient (Wildman–Crippen LogP) is 12.4. The summed E-state index contributed by atoms with van der Waals surface area (Å²) >= 11 is 0. The SMILES string of the molecule is c1ccc(-c2nc(-c3ccc(-c4cccc5ccccc45)cc3)nc(-c3cc4c5cccc(-c6ccccc6)c5oc4c4ccccc34)n2)cc1. The number of hydrogen-bond donors (Lipinski definition) is 0. The van der Waals surface area contributed by atoms with Gasteiger partial charge in [-0.3, -0.25) is 0 Å². The van der Waals surface area contributed by atoms with Gasteiger partial charge in [-0.15, -0.1) is 0 Å². The molecule has 0 aliphatic heterocycles. The number of para-hydroxylation sites is 1. The van der Waals surface area contributed by atoms with Gasteiger partial charge in [-0.05, 0) is 38.9 Å². The quantitative estimate of drug-likeness (QED) is 0.186. The molecule has 4 nitrogen and oxygen atoms in total. The van der Waals surface area contributed by atoms with Crippen LogP contribution in [0.2, 0.25) is 0 Å². The zero-order chi connectivity index (χ0) is 33.7. The summed E-state index contributed by atoms with van der Waals surface area (Å²) < 4.78 is 6.75. The average molecular weight is 652 g/mol. The van der Waals surface area contributed by atoms with Gasteiger partial charge in [0.1, 0.15) is 11.2 Å². The van der Waals surface area contributed by atoms with Gasteiger partial charge in [0.05, 0.1) is 0 Å². The van der Waals surface area contributed by atoms with Gasteiger partial charge in [0.2, 0.25) is 0 Å². The standard InChI is InChI=1S/C47H29N3O/c1-3-13-31(14-4-1)37-23-12-24-40-41-29-42(38-20-9-10-21-39(38)44(41)51-43(37)40)47-49-45(33-16-5-2-6-17-33)48-46(50-47)34-27-25-32(26-28-34)36-22-11-18-30-15-7-8-19-35(30)36/h1-29H. The largest absolute Gasteiger partial charge is 0.455 e. The maximum Gasteiger partial charge on any atom is 0.164 e. The fourth-order valence-corrected chi connectivity index (χ4v) is 7.27. The van der Waals surface area contributed by atoms with Crippen LogP contribution < -0.4 is 0 Å². The van der Waals surface area contributed by atoms with Crippen molar-refractivity contribution >= 4 is 43.5 Å². The highest BCUT2D eigenvalue weighted by molar-refractivity contribution is 6.20. The molecule has 8 aromatic carbocycles. The van der Waals surface area contributed by atoms with Crippen molar-refractivity contribution in [1.29, 1.82) is 0 Å². The van der Waals surface area contributed by atoms with Crippen LogP contribution in [0, 0.1) is 0 Å². The molecule has 10 rings (SSSR count). The van der Waals surface area contributed by atoms with E-state index in [4.69, 9.17) is 19.4 Å². The third-order valence-electron chi connectivity index (χ3n) is 9.74. The number of aromatic nitrogens is 3. The van der Waals surface area contributed by atoms with Crippen LogP contribution in [-0.4, -0.2) is 15.0 Å². The van der Waals surface area contributed by atoms with Crippen molar-refractivity contribution in [2.24, 2.45) is 0 Å². The maximum absolute atomic E-state index is 6.75. The van der Waals surface area contributed by atoms with E-state index >= 15 is 0 Å². The highest BCUT2D eigenvalue weighted by Gasteiger charge is 2.20. The van der Waals surface area contributed by atoms with Gasteiger partial charge >= 0.3 is 0 Å². The molecule has 0 fully saturated rings. The lowest BCUT2D eigenvalue weighted by atomic mass is 9.97. The van der Waals surface area contributed by atoms with Crippen LogP contribution in [0.15, 0.2) is 180 Å². The Bertz CT molecular complexity index is 2890. The molecule has 0 amide bonds. The molecule has 4 heteroatoms. The lowest BCUT2D eigenvalue weighted by molar-refractivity contribution is 0.674.